The zero-order chi connectivity index (χ0) is 16.3. The monoisotopic (exact) mass is 318 g/mol. The number of nitrogens with zero attached hydrogens (tertiary/aromatic N) is 1. The topological polar surface area (TPSA) is 79.3 Å². The van der Waals surface area contributed by atoms with Gasteiger partial charge in [-0.05, 0) is 25.8 Å². The normalized spacial score (nSPS) is 13.4. The van der Waals surface area contributed by atoms with Gasteiger partial charge in [0, 0.05) is 0 Å². The second kappa shape index (κ2) is 6.27. The number of rotatable bonds is 5. The van der Waals surface area contributed by atoms with Crippen LogP contribution in [0.4, 0.5) is 0 Å². The standard InChI is InChI=1S/C16H18N2O3S/c1-4-16(15(20)21,12-8-6-5-7-9-12)18-14(19)13-10(2)17-11(3)22-13/h5-9H,4H2,1-3H3,(H,18,19)(H,20,21). The van der Waals surface area contributed by atoms with Crippen molar-refractivity contribution in [2.24, 2.45) is 0 Å². The molecular weight excluding hydrogens is 300 g/mol. The van der Waals surface area contributed by atoms with Crippen LogP contribution in [0.2, 0.25) is 0 Å². The summed E-state index contributed by atoms with van der Waals surface area (Å²) < 4.78 is 0. The van der Waals surface area contributed by atoms with E-state index in [2.05, 4.69) is 10.3 Å². The lowest BCUT2D eigenvalue weighted by Crippen LogP contribution is -2.51. The van der Waals surface area contributed by atoms with Crippen LogP contribution in [0.1, 0.15) is 39.3 Å². The number of thiazole rings is 1. The smallest absolute Gasteiger partial charge is 0.334 e. The van der Waals surface area contributed by atoms with Crippen LogP contribution in [-0.2, 0) is 10.3 Å². The minimum atomic E-state index is -1.44. The molecule has 2 rings (SSSR count). The molecule has 0 spiro atoms. The molecule has 1 unspecified atom stereocenters. The molecule has 22 heavy (non-hydrogen) atoms. The molecule has 0 aliphatic carbocycles. The van der Waals surface area contributed by atoms with Crippen molar-refractivity contribution < 1.29 is 14.7 Å². The molecule has 116 valence electrons. The number of carboxylic acids is 1. The fraction of sp³-hybridized carbons (Fsp3) is 0.312. The van der Waals surface area contributed by atoms with E-state index in [-0.39, 0.29) is 6.42 Å². The first-order valence-electron chi connectivity index (χ1n) is 6.96. The number of aryl methyl sites for hydroxylation is 2. The molecule has 0 bridgehead atoms. The predicted molar refractivity (Wildman–Crippen MR) is 85.1 cm³/mol. The van der Waals surface area contributed by atoms with Crippen LogP contribution in [0.25, 0.3) is 0 Å². The molecule has 0 saturated heterocycles. The lowest BCUT2D eigenvalue weighted by atomic mass is 9.87. The van der Waals surface area contributed by atoms with Crippen molar-refractivity contribution >= 4 is 23.2 Å². The maximum atomic E-state index is 12.5. The molecule has 1 amide bonds. The van der Waals surface area contributed by atoms with E-state index in [4.69, 9.17) is 0 Å². The van der Waals surface area contributed by atoms with E-state index >= 15 is 0 Å². The second-order valence-corrected chi connectivity index (χ2v) is 6.23. The molecule has 1 atom stereocenters. The Balaban J connectivity index is 2.42. The van der Waals surface area contributed by atoms with E-state index in [1.807, 2.05) is 13.0 Å². The summed E-state index contributed by atoms with van der Waals surface area (Å²) in [5, 5.41) is 13.2. The van der Waals surface area contributed by atoms with Crippen LogP contribution in [0, 0.1) is 13.8 Å². The summed E-state index contributed by atoms with van der Waals surface area (Å²) >= 11 is 1.26. The molecule has 0 aliphatic heterocycles. The third-order valence-electron chi connectivity index (χ3n) is 3.60. The van der Waals surface area contributed by atoms with Gasteiger partial charge in [0.1, 0.15) is 4.88 Å². The molecule has 5 nitrogen and oxygen atoms in total. The van der Waals surface area contributed by atoms with Crippen LogP contribution in [0.15, 0.2) is 30.3 Å². The maximum Gasteiger partial charge on any atom is 0.334 e. The Kier molecular flexibility index (Phi) is 4.61. The number of hydrogen-bond donors (Lipinski definition) is 2. The van der Waals surface area contributed by atoms with Crippen molar-refractivity contribution in [3.63, 3.8) is 0 Å². The van der Waals surface area contributed by atoms with Crippen molar-refractivity contribution in [2.45, 2.75) is 32.7 Å². The third-order valence-corrected chi connectivity index (χ3v) is 4.67. The quantitative estimate of drug-likeness (QED) is 0.888. The fourth-order valence-electron chi connectivity index (χ4n) is 2.41. The van der Waals surface area contributed by atoms with Gasteiger partial charge >= 0.3 is 5.97 Å². The SMILES string of the molecule is CCC(NC(=O)c1sc(C)nc1C)(C(=O)O)c1ccccc1. The molecule has 1 heterocycles. The summed E-state index contributed by atoms with van der Waals surface area (Å²) in [4.78, 5) is 29.1. The van der Waals surface area contributed by atoms with Crippen LogP contribution in [-0.4, -0.2) is 22.0 Å². The van der Waals surface area contributed by atoms with Gasteiger partial charge in [-0.1, -0.05) is 37.3 Å². The zero-order valence-electron chi connectivity index (χ0n) is 12.7. The molecule has 1 aromatic heterocycles. The number of nitrogens with one attached hydrogen (secondary N) is 1. The number of aromatic nitrogens is 1. The Morgan fingerprint density at radius 3 is 2.36 bits per heavy atom. The van der Waals surface area contributed by atoms with E-state index < -0.39 is 17.4 Å². The molecule has 1 aromatic carbocycles. The second-order valence-electron chi connectivity index (χ2n) is 5.03. The molecule has 2 aromatic rings. The fourth-order valence-corrected chi connectivity index (χ4v) is 3.22. The van der Waals surface area contributed by atoms with Gasteiger partial charge in [-0.3, -0.25) is 4.79 Å². The Morgan fingerprint density at radius 2 is 1.91 bits per heavy atom. The summed E-state index contributed by atoms with van der Waals surface area (Å²) in [5.74, 6) is -1.48. The highest BCUT2D eigenvalue weighted by molar-refractivity contribution is 7.13. The number of benzene rings is 1. The summed E-state index contributed by atoms with van der Waals surface area (Å²) in [7, 11) is 0. The molecular formula is C16H18N2O3S. The minimum absolute atomic E-state index is 0.245. The Labute approximate surface area is 133 Å². The summed E-state index contributed by atoms with van der Waals surface area (Å²) in [6.07, 6.45) is 0.245. The number of amides is 1. The van der Waals surface area contributed by atoms with Gasteiger partial charge in [0.05, 0.1) is 10.7 Å². The van der Waals surface area contributed by atoms with Crippen molar-refractivity contribution in [3.05, 3.63) is 51.5 Å². The maximum absolute atomic E-state index is 12.5. The molecule has 0 saturated carbocycles. The number of carboxylic acid groups (broad SMARTS) is 1. The lowest BCUT2D eigenvalue weighted by molar-refractivity contribution is -0.145. The van der Waals surface area contributed by atoms with Crippen molar-refractivity contribution in [2.75, 3.05) is 0 Å². The highest BCUT2D eigenvalue weighted by Crippen LogP contribution is 2.27. The average Bonchev–Trinajstić information content (AvgIpc) is 2.84. The van der Waals surface area contributed by atoms with Gasteiger partial charge in [-0.15, -0.1) is 11.3 Å². The predicted octanol–water partition coefficient (Wildman–Crippen LogP) is 2.88. The summed E-state index contributed by atoms with van der Waals surface area (Å²) in [5.41, 5.74) is -0.274. The van der Waals surface area contributed by atoms with Crippen LogP contribution in [0.3, 0.4) is 0 Å². The van der Waals surface area contributed by atoms with Gasteiger partial charge in [0.15, 0.2) is 5.54 Å². The highest BCUT2D eigenvalue weighted by atomic mass is 32.1. The zero-order valence-corrected chi connectivity index (χ0v) is 13.5. The van der Waals surface area contributed by atoms with E-state index in [0.717, 1.165) is 5.01 Å². The number of carbonyl (C=O) groups is 2. The molecule has 0 fully saturated rings. The van der Waals surface area contributed by atoms with Gasteiger partial charge in [0.25, 0.3) is 5.91 Å². The summed E-state index contributed by atoms with van der Waals surface area (Å²) in [6, 6.07) is 8.75. The highest BCUT2D eigenvalue weighted by Gasteiger charge is 2.40. The van der Waals surface area contributed by atoms with Crippen LogP contribution in [0.5, 0.6) is 0 Å². The van der Waals surface area contributed by atoms with Crippen molar-refractivity contribution in [1.29, 1.82) is 0 Å². The van der Waals surface area contributed by atoms with Crippen molar-refractivity contribution in [1.82, 2.24) is 10.3 Å². The van der Waals surface area contributed by atoms with Gasteiger partial charge < -0.3 is 10.4 Å². The number of carbonyl (C=O) groups excluding carboxylic acids is 1. The molecule has 6 heteroatoms. The van der Waals surface area contributed by atoms with Crippen LogP contribution < -0.4 is 5.32 Å². The molecule has 2 N–H and O–H groups in total. The summed E-state index contributed by atoms with van der Waals surface area (Å²) in [6.45, 7) is 5.30. The van der Waals surface area contributed by atoms with Gasteiger partial charge in [-0.2, -0.15) is 0 Å². The minimum Gasteiger partial charge on any atom is -0.479 e. The number of hydrogen-bond acceptors (Lipinski definition) is 4. The Bertz CT molecular complexity index is 697. The largest absolute Gasteiger partial charge is 0.479 e. The van der Waals surface area contributed by atoms with E-state index in [1.54, 1.807) is 38.1 Å². The van der Waals surface area contributed by atoms with Crippen LogP contribution >= 0.6 is 11.3 Å². The van der Waals surface area contributed by atoms with E-state index in [9.17, 15) is 14.7 Å². The first-order valence-corrected chi connectivity index (χ1v) is 7.78. The Hall–Kier alpha value is -2.21. The van der Waals surface area contributed by atoms with Crippen molar-refractivity contribution in [3.8, 4) is 0 Å². The molecule has 0 aliphatic rings. The van der Waals surface area contributed by atoms with E-state index in [0.29, 0.717) is 16.1 Å². The Morgan fingerprint density at radius 1 is 1.27 bits per heavy atom. The van der Waals surface area contributed by atoms with Gasteiger partial charge in [-0.25, -0.2) is 9.78 Å². The van der Waals surface area contributed by atoms with E-state index in [1.165, 1.54) is 11.3 Å². The van der Waals surface area contributed by atoms with Gasteiger partial charge in [0.2, 0.25) is 0 Å². The first kappa shape index (κ1) is 16.2. The average molecular weight is 318 g/mol. The number of aliphatic carboxylic acids is 1. The molecule has 0 radical (unpaired) electrons. The lowest BCUT2D eigenvalue weighted by Gasteiger charge is -2.29. The first-order chi connectivity index (χ1) is 10.4. The third kappa shape index (κ3) is 2.87.